The van der Waals surface area contributed by atoms with E-state index in [1.807, 2.05) is 31.2 Å². The van der Waals surface area contributed by atoms with Crippen molar-refractivity contribution < 1.29 is 19.1 Å². The number of ether oxygens (including phenoxy) is 2. The fourth-order valence-electron chi connectivity index (χ4n) is 2.63. The van der Waals surface area contributed by atoms with Crippen LogP contribution in [0.15, 0.2) is 61.2 Å². The molecule has 0 unspecified atom stereocenters. The smallest absolute Gasteiger partial charge is 0.335 e. The number of ketones is 1. The second-order valence-corrected chi connectivity index (χ2v) is 6.26. The van der Waals surface area contributed by atoms with Gasteiger partial charge >= 0.3 is 5.97 Å². The Bertz CT molecular complexity index is 847. The van der Waals surface area contributed by atoms with E-state index in [9.17, 15) is 9.59 Å². The molecule has 0 atom stereocenters. The molecule has 0 heterocycles. The lowest BCUT2D eigenvalue weighted by atomic mass is 10.0. The minimum atomic E-state index is -0.572. The van der Waals surface area contributed by atoms with Gasteiger partial charge in [0.25, 0.3) is 0 Å². The number of hydrogen-bond acceptors (Lipinski definition) is 4. The van der Waals surface area contributed by atoms with Crippen molar-refractivity contribution in [2.24, 2.45) is 0 Å². The Labute approximate surface area is 166 Å². The molecule has 4 nitrogen and oxygen atoms in total. The van der Waals surface area contributed by atoms with Crippen molar-refractivity contribution in [2.75, 3.05) is 6.61 Å². The lowest BCUT2D eigenvalue weighted by Crippen LogP contribution is -2.05. The summed E-state index contributed by atoms with van der Waals surface area (Å²) < 4.78 is 10.7. The maximum Gasteiger partial charge on any atom is 0.335 e. The number of aryl methyl sites for hydroxylation is 1. The Balaban J connectivity index is 2.17. The SMILES string of the molecule is C=CC(=O)Oc1cc(OCC)ccc1C=CC(=O)c1ccc(CCCC)cc1. The number of rotatable bonds is 10. The average molecular weight is 378 g/mol. The van der Waals surface area contributed by atoms with Crippen LogP contribution in [-0.4, -0.2) is 18.4 Å². The van der Waals surface area contributed by atoms with Gasteiger partial charge in [-0.15, -0.1) is 0 Å². The Morgan fingerprint density at radius 3 is 2.46 bits per heavy atom. The normalized spacial score (nSPS) is 10.6. The quantitative estimate of drug-likeness (QED) is 0.240. The van der Waals surface area contributed by atoms with Crippen LogP contribution in [0.1, 0.15) is 48.2 Å². The molecule has 2 rings (SSSR count). The summed E-state index contributed by atoms with van der Waals surface area (Å²) in [7, 11) is 0. The number of unbranched alkanes of at least 4 members (excludes halogenated alkanes) is 1. The van der Waals surface area contributed by atoms with Crippen LogP contribution >= 0.6 is 0 Å². The molecule has 0 spiro atoms. The summed E-state index contributed by atoms with van der Waals surface area (Å²) in [5.74, 6) is 0.213. The van der Waals surface area contributed by atoms with E-state index in [4.69, 9.17) is 9.47 Å². The first-order valence-electron chi connectivity index (χ1n) is 9.49. The number of benzene rings is 2. The highest BCUT2D eigenvalue weighted by Crippen LogP contribution is 2.27. The maximum absolute atomic E-state index is 12.5. The zero-order chi connectivity index (χ0) is 20.4. The zero-order valence-corrected chi connectivity index (χ0v) is 16.4. The van der Waals surface area contributed by atoms with Crippen LogP contribution in [0.4, 0.5) is 0 Å². The summed E-state index contributed by atoms with van der Waals surface area (Å²) in [5, 5.41) is 0. The topological polar surface area (TPSA) is 52.6 Å². The molecule has 0 aliphatic heterocycles. The van der Waals surface area contributed by atoms with Crippen LogP contribution in [0.3, 0.4) is 0 Å². The highest BCUT2D eigenvalue weighted by Gasteiger charge is 2.09. The predicted molar refractivity (Wildman–Crippen MR) is 112 cm³/mol. The van der Waals surface area contributed by atoms with Gasteiger partial charge in [-0.1, -0.05) is 44.2 Å². The summed E-state index contributed by atoms with van der Waals surface area (Å²) in [4.78, 5) is 24.1. The van der Waals surface area contributed by atoms with Crippen LogP contribution in [-0.2, 0) is 11.2 Å². The zero-order valence-electron chi connectivity index (χ0n) is 16.4. The molecular weight excluding hydrogens is 352 g/mol. The van der Waals surface area contributed by atoms with Gasteiger partial charge in [0.15, 0.2) is 5.78 Å². The third kappa shape index (κ3) is 6.23. The standard InChI is InChI=1S/C24H26O4/c1-4-7-8-18-9-11-19(12-10-18)22(25)16-14-20-13-15-21(27-6-3)17-23(20)28-24(26)5-2/h5,9-17H,2,4,6-8H2,1,3H3. The number of esters is 1. The van der Waals surface area contributed by atoms with Crippen molar-refractivity contribution >= 4 is 17.8 Å². The van der Waals surface area contributed by atoms with Gasteiger partial charge in [-0.2, -0.15) is 0 Å². The van der Waals surface area contributed by atoms with Crippen molar-refractivity contribution in [1.82, 2.24) is 0 Å². The van der Waals surface area contributed by atoms with Crippen LogP contribution in [0.5, 0.6) is 11.5 Å². The average Bonchev–Trinajstić information content (AvgIpc) is 2.72. The van der Waals surface area contributed by atoms with Gasteiger partial charge in [0.2, 0.25) is 0 Å². The van der Waals surface area contributed by atoms with Gasteiger partial charge in [-0.05, 0) is 49.6 Å². The van der Waals surface area contributed by atoms with Gasteiger partial charge in [0, 0.05) is 23.3 Å². The Hall–Kier alpha value is -3.14. The van der Waals surface area contributed by atoms with Crippen LogP contribution in [0.25, 0.3) is 6.08 Å². The van der Waals surface area contributed by atoms with Gasteiger partial charge in [0.05, 0.1) is 6.61 Å². The minimum absolute atomic E-state index is 0.114. The van der Waals surface area contributed by atoms with E-state index in [1.165, 1.54) is 11.6 Å². The summed E-state index contributed by atoms with van der Waals surface area (Å²) >= 11 is 0. The number of carbonyl (C=O) groups is 2. The lowest BCUT2D eigenvalue weighted by molar-refractivity contribution is -0.128. The molecule has 0 saturated carbocycles. The molecule has 0 saturated heterocycles. The van der Waals surface area contributed by atoms with E-state index in [0.29, 0.717) is 29.2 Å². The summed E-state index contributed by atoms with van der Waals surface area (Å²) in [5.41, 5.74) is 2.45. The highest BCUT2D eigenvalue weighted by atomic mass is 16.5. The van der Waals surface area contributed by atoms with Crippen LogP contribution in [0, 0.1) is 0 Å². The Morgan fingerprint density at radius 2 is 1.82 bits per heavy atom. The minimum Gasteiger partial charge on any atom is -0.494 e. The molecule has 28 heavy (non-hydrogen) atoms. The second kappa shape index (κ2) is 10.9. The predicted octanol–water partition coefficient (Wildman–Crippen LogP) is 5.42. The summed E-state index contributed by atoms with van der Waals surface area (Å²) in [6.07, 6.45) is 7.50. The first kappa shape index (κ1) is 21.2. The monoisotopic (exact) mass is 378 g/mol. The summed E-state index contributed by atoms with van der Waals surface area (Å²) in [6.45, 7) is 7.93. The van der Waals surface area contributed by atoms with Crippen LogP contribution < -0.4 is 9.47 Å². The fraction of sp³-hybridized carbons (Fsp3) is 0.250. The number of allylic oxidation sites excluding steroid dienone is 1. The Kier molecular flexibility index (Phi) is 8.22. The van der Waals surface area contributed by atoms with E-state index in [2.05, 4.69) is 13.5 Å². The molecule has 2 aromatic rings. The first-order chi connectivity index (χ1) is 13.6. The molecule has 0 radical (unpaired) electrons. The lowest BCUT2D eigenvalue weighted by Gasteiger charge is -2.09. The fourth-order valence-corrected chi connectivity index (χ4v) is 2.63. The van der Waals surface area contributed by atoms with E-state index in [1.54, 1.807) is 24.3 Å². The number of carbonyl (C=O) groups excluding carboxylic acids is 2. The van der Waals surface area contributed by atoms with E-state index >= 15 is 0 Å². The molecule has 2 aromatic carbocycles. The number of hydrogen-bond donors (Lipinski definition) is 0. The van der Waals surface area contributed by atoms with Crippen molar-refractivity contribution in [3.8, 4) is 11.5 Å². The first-order valence-corrected chi connectivity index (χ1v) is 9.49. The van der Waals surface area contributed by atoms with E-state index in [0.717, 1.165) is 25.3 Å². The van der Waals surface area contributed by atoms with E-state index < -0.39 is 5.97 Å². The third-order valence-corrected chi connectivity index (χ3v) is 4.14. The van der Waals surface area contributed by atoms with Gasteiger partial charge in [-0.25, -0.2) is 4.79 Å². The summed E-state index contributed by atoms with van der Waals surface area (Å²) in [6, 6.07) is 12.8. The van der Waals surface area contributed by atoms with E-state index in [-0.39, 0.29) is 5.78 Å². The second-order valence-electron chi connectivity index (χ2n) is 6.26. The van der Waals surface area contributed by atoms with Gasteiger partial charge < -0.3 is 9.47 Å². The molecule has 0 aliphatic rings. The van der Waals surface area contributed by atoms with Crippen LogP contribution in [0.2, 0.25) is 0 Å². The van der Waals surface area contributed by atoms with Crippen molar-refractivity contribution in [1.29, 1.82) is 0 Å². The molecule has 0 bridgehead atoms. The molecule has 4 heteroatoms. The molecule has 146 valence electrons. The Morgan fingerprint density at radius 1 is 1.07 bits per heavy atom. The molecular formula is C24H26O4. The van der Waals surface area contributed by atoms with Crippen molar-refractivity contribution in [3.05, 3.63) is 77.9 Å². The van der Waals surface area contributed by atoms with Crippen molar-refractivity contribution in [3.63, 3.8) is 0 Å². The third-order valence-electron chi connectivity index (χ3n) is 4.14. The molecule has 0 aliphatic carbocycles. The highest BCUT2D eigenvalue weighted by molar-refractivity contribution is 6.07. The van der Waals surface area contributed by atoms with Gasteiger partial charge in [-0.3, -0.25) is 4.79 Å². The van der Waals surface area contributed by atoms with Crippen molar-refractivity contribution in [2.45, 2.75) is 33.1 Å². The maximum atomic E-state index is 12.5. The molecule has 0 amide bonds. The largest absolute Gasteiger partial charge is 0.494 e. The molecule has 0 fully saturated rings. The molecule has 0 N–H and O–H groups in total. The molecule has 0 aromatic heterocycles. The van der Waals surface area contributed by atoms with Gasteiger partial charge in [0.1, 0.15) is 11.5 Å².